The predicted octanol–water partition coefficient (Wildman–Crippen LogP) is 1.33. The minimum atomic E-state index is -3.65. The van der Waals surface area contributed by atoms with Gasteiger partial charge in [-0.15, -0.1) is 0 Å². The standard InChI is InChI=1S/C15H17N3O2S/c16-21(19,20)14-5-4-12-6-9-18(15(12)11-14)10-7-13-3-1-2-8-17-13/h1-5,8,11H,6-7,9-10H2,(H2,16,19,20). The molecule has 0 spiro atoms. The van der Waals surface area contributed by atoms with Crippen molar-refractivity contribution in [2.45, 2.75) is 17.7 Å². The predicted molar refractivity (Wildman–Crippen MR) is 81.7 cm³/mol. The number of nitrogens with two attached hydrogens (primary N) is 1. The molecule has 0 bridgehead atoms. The molecule has 0 saturated heterocycles. The fraction of sp³-hybridized carbons (Fsp3) is 0.267. The average molecular weight is 303 g/mol. The van der Waals surface area contributed by atoms with Gasteiger partial charge in [-0.3, -0.25) is 4.98 Å². The molecule has 21 heavy (non-hydrogen) atoms. The molecule has 1 aliphatic heterocycles. The van der Waals surface area contributed by atoms with Crippen LogP contribution in [0.4, 0.5) is 5.69 Å². The second-order valence-electron chi connectivity index (χ2n) is 5.14. The van der Waals surface area contributed by atoms with Crippen LogP contribution in [0.5, 0.6) is 0 Å². The summed E-state index contributed by atoms with van der Waals surface area (Å²) in [5.74, 6) is 0. The van der Waals surface area contributed by atoms with Gasteiger partial charge in [0.15, 0.2) is 0 Å². The lowest BCUT2D eigenvalue weighted by atomic mass is 10.2. The lowest BCUT2D eigenvalue weighted by Gasteiger charge is -2.19. The van der Waals surface area contributed by atoms with Crippen LogP contribution in [0, 0.1) is 0 Å². The van der Waals surface area contributed by atoms with Gasteiger partial charge in [0.2, 0.25) is 10.0 Å². The first kappa shape index (κ1) is 14.0. The first-order valence-corrected chi connectivity index (χ1v) is 8.39. The van der Waals surface area contributed by atoms with Crippen molar-refractivity contribution in [1.29, 1.82) is 0 Å². The zero-order valence-electron chi connectivity index (χ0n) is 11.6. The number of hydrogen-bond donors (Lipinski definition) is 1. The van der Waals surface area contributed by atoms with Gasteiger partial charge in [0.25, 0.3) is 0 Å². The monoisotopic (exact) mass is 303 g/mol. The highest BCUT2D eigenvalue weighted by atomic mass is 32.2. The largest absolute Gasteiger partial charge is 0.371 e. The summed E-state index contributed by atoms with van der Waals surface area (Å²) in [6, 6.07) is 11.0. The maximum atomic E-state index is 11.5. The van der Waals surface area contributed by atoms with Crippen LogP contribution in [0.25, 0.3) is 0 Å². The number of fused-ring (bicyclic) bond motifs is 1. The van der Waals surface area contributed by atoms with Gasteiger partial charge in [0, 0.05) is 37.1 Å². The van der Waals surface area contributed by atoms with Crippen molar-refractivity contribution < 1.29 is 8.42 Å². The van der Waals surface area contributed by atoms with Crippen molar-refractivity contribution in [2.24, 2.45) is 5.14 Å². The molecule has 0 amide bonds. The summed E-state index contributed by atoms with van der Waals surface area (Å²) < 4.78 is 22.9. The zero-order valence-corrected chi connectivity index (χ0v) is 12.4. The molecule has 1 aromatic heterocycles. The first-order valence-electron chi connectivity index (χ1n) is 6.84. The lowest BCUT2D eigenvalue weighted by Crippen LogP contribution is -2.24. The molecule has 0 aliphatic carbocycles. The minimum absolute atomic E-state index is 0.172. The lowest BCUT2D eigenvalue weighted by molar-refractivity contribution is 0.598. The number of anilines is 1. The van der Waals surface area contributed by atoms with Gasteiger partial charge in [-0.25, -0.2) is 13.6 Å². The van der Waals surface area contributed by atoms with Crippen LogP contribution in [0.15, 0.2) is 47.5 Å². The highest BCUT2D eigenvalue weighted by Crippen LogP contribution is 2.30. The quantitative estimate of drug-likeness (QED) is 0.924. The van der Waals surface area contributed by atoms with Crippen LogP contribution in [-0.2, 0) is 22.9 Å². The molecular formula is C15H17N3O2S. The molecule has 0 atom stereocenters. The topological polar surface area (TPSA) is 76.3 Å². The Bertz CT molecular complexity index is 745. The fourth-order valence-corrected chi connectivity index (χ4v) is 3.16. The van der Waals surface area contributed by atoms with Gasteiger partial charge in [-0.2, -0.15) is 0 Å². The van der Waals surface area contributed by atoms with E-state index in [2.05, 4.69) is 9.88 Å². The number of sulfonamides is 1. The Hall–Kier alpha value is -1.92. The molecule has 1 aromatic carbocycles. The summed E-state index contributed by atoms with van der Waals surface area (Å²) in [6.07, 6.45) is 3.55. The average Bonchev–Trinajstić information content (AvgIpc) is 2.87. The Balaban J connectivity index is 1.79. The SMILES string of the molecule is NS(=O)(=O)c1ccc2c(c1)N(CCc1ccccn1)CC2. The Morgan fingerprint density at radius 3 is 2.81 bits per heavy atom. The van der Waals surface area contributed by atoms with Gasteiger partial charge in [-0.05, 0) is 36.2 Å². The van der Waals surface area contributed by atoms with Crippen molar-refractivity contribution in [1.82, 2.24) is 4.98 Å². The van der Waals surface area contributed by atoms with E-state index in [0.717, 1.165) is 37.3 Å². The third kappa shape index (κ3) is 3.06. The smallest absolute Gasteiger partial charge is 0.238 e. The summed E-state index contributed by atoms with van der Waals surface area (Å²) in [7, 11) is -3.65. The summed E-state index contributed by atoms with van der Waals surface area (Å²) in [5, 5.41) is 5.21. The maximum Gasteiger partial charge on any atom is 0.238 e. The molecule has 110 valence electrons. The number of hydrogen-bond acceptors (Lipinski definition) is 4. The number of rotatable bonds is 4. The van der Waals surface area contributed by atoms with E-state index in [9.17, 15) is 8.42 Å². The molecule has 2 aromatic rings. The van der Waals surface area contributed by atoms with Gasteiger partial charge < -0.3 is 4.90 Å². The number of primary sulfonamides is 1. The summed E-state index contributed by atoms with van der Waals surface area (Å²) >= 11 is 0. The second-order valence-corrected chi connectivity index (χ2v) is 6.71. The molecule has 0 fully saturated rings. The van der Waals surface area contributed by atoms with Gasteiger partial charge >= 0.3 is 0 Å². The maximum absolute atomic E-state index is 11.5. The van der Waals surface area contributed by atoms with Crippen LogP contribution >= 0.6 is 0 Å². The zero-order chi connectivity index (χ0) is 14.9. The Labute approximate surface area is 124 Å². The fourth-order valence-electron chi connectivity index (χ4n) is 2.63. The Kier molecular flexibility index (Phi) is 3.65. The molecule has 2 heterocycles. The van der Waals surface area contributed by atoms with Crippen molar-refractivity contribution in [3.8, 4) is 0 Å². The highest BCUT2D eigenvalue weighted by Gasteiger charge is 2.21. The van der Waals surface area contributed by atoms with Crippen LogP contribution in [-0.4, -0.2) is 26.5 Å². The number of pyridine rings is 1. The molecule has 0 saturated carbocycles. The van der Waals surface area contributed by atoms with Gasteiger partial charge in [-0.1, -0.05) is 12.1 Å². The number of benzene rings is 1. The number of nitrogens with zero attached hydrogens (tertiary/aromatic N) is 2. The second kappa shape index (κ2) is 5.46. The van der Waals surface area contributed by atoms with E-state index in [-0.39, 0.29) is 4.90 Å². The van der Waals surface area contributed by atoms with E-state index in [1.54, 1.807) is 18.3 Å². The molecular weight excluding hydrogens is 286 g/mol. The van der Waals surface area contributed by atoms with E-state index in [1.807, 2.05) is 24.3 Å². The third-order valence-electron chi connectivity index (χ3n) is 3.74. The van der Waals surface area contributed by atoms with E-state index >= 15 is 0 Å². The molecule has 1 aliphatic rings. The molecule has 0 radical (unpaired) electrons. The van der Waals surface area contributed by atoms with Crippen LogP contribution in [0.2, 0.25) is 0 Å². The molecule has 0 unspecified atom stereocenters. The summed E-state index contributed by atoms with van der Waals surface area (Å²) in [5.41, 5.74) is 3.18. The Morgan fingerprint density at radius 2 is 2.10 bits per heavy atom. The van der Waals surface area contributed by atoms with E-state index in [4.69, 9.17) is 5.14 Å². The van der Waals surface area contributed by atoms with E-state index in [0.29, 0.717) is 0 Å². The highest BCUT2D eigenvalue weighted by molar-refractivity contribution is 7.89. The molecule has 2 N–H and O–H groups in total. The van der Waals surface area contributed by atoms with Crippen molar-refractivity contribution in [2.75, 3.05) is 18.0 Å². The minimum Gasteiger partial charge on any atom is -0.371 e. The van der Waals surface area contributed by atoms with Gasteiger partial charge in [0.05, 0.1) is 4.90 Å². The van der Waals surface area contributed by atoms with Crippen LogP contribution < -0.4 is 10.0 Å². The van der Waals surface area contributed by atoms with E-state index in [1.165, 1.54) is 5.56 Å². The summed E-state index contributed by atoms with van der Waals surface area (Å²) in [4.78, 5) is 6.68. The molecule has 3 rings (SSSR count). The van der Waals surface area contributed by atoms with Crippen molar-refractivity contribution >= 4 is 15.7 Å². The summed E-state index contributed by atoms with van der Waals surface area (Å²) in [6.45, 7) is 1.72. The van der Waals surface area contributed by atoms with Crippen molar-refractivity contribution in [3.05, 3.63) is 53.9 Å². The van der Waals surface area contributed by atoms with Gasteiger partial charge in [0.1, 0.15) is 0 Å². The van der Waals surface area contributed by atoms with Crippen LogP contribution in [0.1, 0.15) is 11.3 Å². The molecule has 6 heteroatoms. The Morgan fingerprint density at radius 1 is 1.24 bits per heavy atom. The first-order chi connectivity index (χ1) is 10.0. The normalized spacial score (nSPS) is 14.2. The molecule has 5 nitrogen and oxygen atoms in total. The third-order valence-corrected chi connectivity index (χ3v) is 4.65. The van der Waals surface area contributed by atoms with E-state index < -0.39 is 10.0 Å². The number of aromatic nitrogens is 1. The van der Waals surface area contributed by atoms with Crippen molar-refractivity contribution in [3.63, 3.8) is 0 Å². The van der Waals surface area contributed by atoms with Crippen LogP contribution in [0.3, 0.4) is 0 Å².